The number of sulfone groups is 2. The zero-order valence-electron chi connectivity index (χ0n) is 46.0. The van der Waals surface area contributed by atoms with Gasteiger partial charge in [-0.05, 0) is 104 Å². The molecule has 416 valence electrons. The van der Waals surface area contributed by atoms with Crippen molar-refractivity contribution in [1.82, 2.24) is 39.2 Å². The molecule has 0 unspecified atom stereocenters. The normalized spacial score (nSPS) is 12.4. The molecule has 0 bridgehead atoms. The van der Waals surface area contributed by atoms with Gasteiger partial charge in [0.15, 0.2) is 36.8 Å². The van der Waals surface area contributed by atoms with Crippen LogP contribution in [-0.2, 0) is 42.0 Å². The number of nitrogen functional groups attached to an aromatic ring is 1. The number of benzene rings is 4. The third kappa shape index (κ3) is 14.1. The third-order valence-electron chi connectivity index (χ3n) is 13.4. The van der Waals surface area contributed by atoms with Crippen LogP contribution in [0.3, 0.4) is 0 Å². The summed E-state index contributed by atoms with van der Waals surface area (Å²) in [4.78, 5) is 21.9. The minimum Gasteiger partial charge on any atom is -0.383 e. The van der Waals surface area contributed by atoms with Crippen molar-refractivity contribution in [2.45, 2.75) is 74.0 Å². The molecule has 16 nitrogen and oxygen atoms in total. The van der Waals surface area contributed by atoms with Gasteiger partial charge in [0.05, 0.1) is 53.6 Å². The zero-order valence-corrected chi connectivity index (χ0v) is 52.8. The predicted octanol–water partition coefficient (Wildman–Crippen LogP) is 12.4. The quantitative estimate of drug-likeness (QED) is 0.0455. The van der Waals surface area contributed by atoms with Crippen LogP contribution in [0.25, 0.3) is 55.4 Å². The van der Waals surface area contributed by atoms with Crippen LogP contribution in [0.4, 0.5) is 11.6 Å². The Morgan fingerprint density at radius 1 is 0.562 bits per heavy atom. The molecule has 6 aromatic heterocycles. The van der Waals surface area contributed by atoms with Crippen LogP contribution in [0.5, 0.6) is 0 Å². The highest BCUT2D eigenvalue weighted by Crippen LogP contribution is 2.36. The topological polar surface area (TPSA) is 202 Å². The lowest BCUT2D eigenvalue weighted by Gasteiger charge is -2.28. The molecular weight excluding hydrogens is 1210 g/mol. The number of nitrogens with two attached hydrogens (primary N) is 1. The van der Waals surface area contributed by atoms with Crippen LogP contribution in [0.2, 0.25) is 51.4 Å². The Bertz CT molecular complexity index is 4090. The van der Waals surface area contributed by atoms with Gasteiger partial charge < -0.3 is 20.1 Å². The number of ether oxygens (including phenoxy) is 2. The van der Waals surface area contributed by atoms with Gasteiger partial charge in [0.2, 0.25) is 0 Å². The molecule has 10 rings (SSSR count). The fourth-order valence-corrected chi connectivity index (χ4v) is 12.6. The summed E-state index contributed by atoms with van der Waals surface area (Å²) < 4.78 is 65.2. The SMILES string of the molecule is CS(=O)(=O)c1ccc(Cc2nc3c(-c4cnc5ccccc5c4)cnn3c(N)c2Br)cc1.C[Si](C)(C)CCOCN(COCC[Si](C)(C)C)c1c(Br)c(Cc2ccc(S(C)(=O)=O)cc2)nc2c(-c3cnc4ccccc4c3)cnn12. The van der Waals surface area contributed by atoms with Crippen molar-refractivity contribution in [3.8, 4) is 22.3 Å². The van der Waals surface area contributed by atoms with Gasteiger partial charge >= 0.3 is 0 Å². The molecule has 0 aliphatic carbocycles. The van der Waals surface area contributed by atoms with Crippen molar-refractivity contribution < 1.29 is 26.3 Å². The average molecular weight is 1280 g/mol. The van der Waals surface area contributed by atoms with Crippen LogP contribution in [0.15, 0.2) is 153 Å². The van der Waals surface area contributed by atoms with Crippen molar-refractivity contribution in [1.29, 1.82) is 0 Å². The number of halogens is 2. The highest BCUT2D eigenvalue weighted by molar-refractivity contribution is 9.11. The minimum absolute atomic E-state index is 0.283. The maximum Gasteiger partial charge on any atom is 0.175 e. The Morgan fingerprint density at radius 3 is 1.41 bits per heavy atom. The van der Waals surface area contributed by atoms with Crippen molar-refractivity contribution in [2.24, 2.45) is 0 Å². The first kappa shape index (κ1) is 58.4. The molecule has 4 aromatic carbocycles. The molecule has 0 aliphatic rings. The molecule has 6 heterocycles. The summed E-state index contributed by atoms with van der Waals surface area (Å²) in [7, 11) is -9.12. The summed E-state index contributed by atoms with van der Waals surface area (Å²) in [5.41, 5.74) is 16.4. The summed E-state index contributed by atoms with van der Waals surface area (Å²) in [5.74, 6) is 1.22. The fourth-order valence-electron chi connectivity index (χ4n) is 8.76. The first-order valence-electron chi connectivity index (χ1n) is 26.0. The fraction of sp³-hybridized carbons (Fsp3) is 0.276. The van der Waals surface area contributed by atoms with Gasteiger partial charge in [0.1, 0.15) is 19.3 Å². The summed E-state index contributed by atoms with van der Waals surface area (Å²) in [5, 5.41) is 11.4. The van der Waals surface area contributed by atoms with E-state index in [4.69, 9.17) is 35.3 Å². The minimum atomic E-state index is -3.30. The highest BCUT2D eigenvalue weighted by Gasteiger charge is 2.25. The van der Waals surface area contributed by atoms with Crippen LogP contribution in [0.1, 0.15) is 22.5 Å². The molecule has 0 amide bonds. The van der Waals surface area contributed by atoms with Gasteiger partial charge in [0.25, 0.3) is 0 Å². The number of pyridine rings is 2. The van der Waals surface area contributed by atoms with Gasteiger partial charge in [-0.2, -0.15) is 19.2 Å². The van der Waals surface area contributed by atoms with Crippen LogP contribution >= 0.6 is 31.9 Å². The van der Waals surface area contributed by atoms with E-state index in [1.165, 1.54) is 12.5 Å². The van der Waals surface area contributed by atoms with Gasteiger partial charge in [-0.3, -0.25) is 9.97 Å². The smallest absolute Gasteiger partial charge is 0.175 e. The van der Waals surface area contributed by atoms with Gasteiger partial charge in [-0.15, -0.1) is 0 Å². The first-order chi connectivity index (χ1) is 37.9. The maximum absolute atomic E-state index is 12.1. The molecule has 0 aliphatic heterocycles. The zero-order chi connectivity index (χ0) is 57.1. The van der Waals surface area contributed by atoms with E-state index in [1.807, 2.05) is 77.7 Å². The summed E-state index contributed by atoms with van der Waals surface area (Å²) >= 11 is 7.46. The highest BCUT2D eigenvalue weighted by atomic mass is 79.9. The van der Waals surface area contributed by atoms with E-state index in [1.54, 1.807) is 47.1 Å². The number of para-hydroxylation sites is 2. The van der Waals surface area contributed by atoms with E-state index in [0.717, 1.165) is 89.0 Å². The number of hydrogen-bond donors (Lipinski definition) is 1. The number of nitrogens with zero attached hydrogens (tertiary/aromatic N) is 9. The average Bonchev–Trinajstić information content (AvgIpc) is 4.10. The molecule has 0 saturated carbocycles. The molecule has 0 radical (unpaired) electrons. The Morgan fingerprint density at radius 2 is 0.975 bits per heavy atom. The van der Waals surface area contributed by atoms with Crippen LogP contribution < -0.4 is 10.6 Å². The van der Waals surface area contributed by atoms with Crippen molar-refractivity contribution >= 4 is 112 Å². The molecule has 10 aromatic rings. The molecular formula is C58H64Br2N10O6S2Si2. The number of fused-ring (bicyclic) bond motifs is 4. The van der Waals surface area contributed by atoms with Crippen molar-refractivity contribution in [2.75, 3.05) is 49.8 Å². The Kier molecular flexibility index (Phi) is 17.6. The van der Waals surface area contributed by atoms with E-state index in [9.17, 15) is 16.8 Å². The van der Waals surface area contributed by atoms with Gasteiger partial charge in [-0.1, -0.05) is 99.9 Å². The summed E-state index contributed by atoms with van der Waals surface area (Å²) in [6.07, 6.45) is 10.6. The molecule has 22 heteroatoms. The lowest BCUT2D eigenvalue weighted by molar-refractivity contribution is 0.0941. The monoisotopic (exact) mass is 1270 g/mol. The Hall–Kier alpha value is -6.25. The van der Waals surface area contributed by atoms with E-state index in [2.05, 4.69) is 104 Å². The maximum atomic E-state index is 12.1. The molecule has 0 saturated heterocycles. The lowest BCUT2D eigenvalue weighted by Crippen LogP contribution is -2.33. The Balaban J connectivity index is 0.000000209. The summed E-state index contributed by atoms with van der Waals surface area (Å²) in [6, 6.07) is 36.0. The largest absolute Gasteiger partial charge is 0.383 e. The van der Waals surface area contributed by atoms with Gasteiger partial charge in [0, 0.05) is 100 Å². The Labute approximate surface area is 485 Å². The van der Waals surface area contributed by atoms with Crippen LogP contribution in [0, 0.1) is 0 Å². The molecule has 0 fully saturated rings. The van der Waals surface area contributed by atoms with E-state index < -0.39 is 35.8 Å². The molecule has 2 N–H and O–H groups in total. The van der Waals surface area contributed by atoms with E-state index in [-0.39, 0.29) is 9.79 Å². The van der Waals surface area contributed by atoms with Crippen molar-refractivity contribution in [3.63, 3.8) is 0 Å². The van der Waals surface area contributed by atoms with Crippen molar-refractivity contribution in [3.05, 3.63) is 165 Å². The molecule has 0 spiro atoms. The lowest BCUT2D eigenvalue weighted by atomic mass is 10.1. The molecule has 0 atom stereocenters. The standard InChI is InChI=1S/C35H46BrN5O4SSi2.C23H18BrN5O2S/c1-46(42,43)29-14-12-26(13-15-29)20-32-33(36)35(40(24-44-16-18-47(2,3)4)25-45-17-19-48(5,6)7)41-34(39-32)30(23-38-41)28-21-27-10-8-9-11-31(27)37-22-28;1-32(30,31)17-8-6-14(7-9-17)10-20-21(24)22(25)29-23(28-20)18(13-27-29)16-11-15-4-2-3-5-19(15)26-12-16/h8-15,21-23H,16-20,24-25H2,1-7H3;2-9,11-13H,10,25H2,1H3. The second-order valence-corrected chi connectivity index (χ2v) is 39.2. The third-order valence-corrected chi connectivity index (χ3v) is 20.7. The number of hydrogen-bond acceptors (Lipinski definition) is 14. The number of anilines is 2. The second-order valence-electron chi connectivity index (χ2n) is 22.3. The van der Waals surface area contributed by atoms with E-state index in [0.29, 0.717) is 61.1 Å². The van der Waals surface area contributed by atoms with Gasteiger partial charge in [-0.25, -0.2) is 26.8 Å². The second kappa shape index (κ2) is 24.1. The number of aromatic nitrogens is 8. The first-order valence-corrected chi connectivity index (χ1v) is 38.7. The van der Waals surface area contributed by atoms with E-state index >= 15 is 0 Å². The molecule has 80 heavy (non-hydrogen) atoms. The predicted molar refractivity (Wildman–Crippen MR) is 332 cm³/mol. The summed E-state index contributed by atoms with van der Waals surface area (Å²) in [6.45, 7) is 16.1. The number of rotatable bonds is 19. The van der Waals surface area contributed by atoms with Crippen LogP contribution in [-0.4, -0.2) is 111 Å².